The normalized spacial score (nSPS) is 16.8. The van der Waals surface area contributed by atoms with Crippen LogP contribution in [-0.2, 0) is 11.0 Å². The number of alkyl halides is 3. The van der Waals surface area contributed by atoms with Crippen LogP contribution in [0.15, 0.2) is 42.6 Å². The van der Waals surface area contributed by atoms with Crippen LogP contribution in [0.1, 0.15) is 30.5 Å². The molecular formula is C21H24F4N4O. The van der Waals surface area contributed by atoms with Gasteiger partial charge in [-0.25, -0.2) is 9.37 Å². The van der Waals surface area contributed by atoms with Crippen LogP contribution in [0.25, 0.3) is 0 Å². The number of aromatic nitrogens is 1. The molecule has 2 heterocycles. The maximum absolute atomic E-state index is 13.0. The van der Waals surface area contributed by atoms with E-state index in [1.54, 1.807) is 12.1 Å². The molecule has 3 rings (SSSR count). The third-order valence-corrected chi connectivity index (χ3v) is 5.10. The molecule has 1 amide bonds. The Bertz CT molecular complexity index is 840. The lowest BCUT2D eigenvalue weighted by atomic mass is 10.1. The van der Waals surface area contributed by atoms with Crippen LogP contribution >= 0.6 is 0 Å². The fraction of sp³-hybridized carbons (Fsp3) is 0.429. The number of nitrogens with zero attached hydrogens (tertiary/aromatic N) is 3. The Balaban J connectivity index is 1.51. The van der Waals surface area contributed by atoms with Crippen molar-refractivity contribution in [3.63, 3.8) is 0 Å². The summed E-state index contributed by atoms with van der Waals surface area (Å²) in [7, 11) is 0. The Hall–Kier alpha value is -2.68. The van der Waals surface area contributed by atoms with Gasteiger partial charge in [0.25, 0.3) is 0 Å². The number of hydrogen-bond donors (Lipinski definition) is 1. The summed E-state index contributed by atoms with van der Waals surface area (Å²) in [5.74, 6) is 0.0427. The second-order valence-corrected chi connectivity index (χ2v) is 7.36. The Labute approximate surface area is 172 Å². The van der Waals surface area contributed by atoms with Crippen molar-refractivity contribution in [2.75, 3.05) is 37.6 Å². The van der Waals surface area contributed by atoms with Gasteiger partial charge in [0.1, 0.15) is 11.6 Å². The smallest absolute Gasteiger partial charge is 0.355 e. The number of rotatable bonds is 5. The van der Waals surface area contributed by atoms with E-state index in [0.29, 0.717) is 32.0 Å². The first kappa shape index (κ1) is 22.0. The van der Waals surface area contributed by atoms with E-state index >= 15 is 0 Å². The zero-order chi connectivity index (χ0) is 21.7. The van der Waals surface area contributed by atoms with Gasteiger partial charge in [0, 0.05) is 32.4 Å². The van der Waals surface area contributed by atoms with Crippen LogP contribution in [-0.4, -0.2) is 48.5 Å². The predicted molar refractivity (Wildman–Crippen MR) is 105 cm³/mol. The van der Waals surface area contributed by atoms with Crippen molar-refractivity contribution in [3.8, 4) is 0 Å². The highest BCUT2D eigenvalue weighted by molar-refractivity contribution is 5.78. The number of carbonyl (C=O) groups is 1. The molecule has 1 N–H and O–H groups in total. The van der Waals surface area contributed by atoms with Gasteiger partial charge in [-0.3, -0.25) is 9.69 Å². The number of carbonyl (C=O) groups excluding carboxylic acids is 1. The Morgan fingerprint density at radius 2 is 1.83 bits per heavy atom. The van der Waals surface area contributed by atoms with Gasteiger partial charge in [0.2, 0.25) is 5.91 Å². The van der Waals surface area contributed by atoms with Crippen LogP contribution < -0.4 is 10.2 Å². The zero-order valence-corrected chi connectivity index (χ0v) is 16.6. The van der Waals surface area contributed by atoms with Crippen LogP contribution in [0.2, 0.25) is 0 Å². The van der Waals surface area contributed by atoms with Gasteiger partial charge in [-0.2, -0.15) is 13.2 Å². The molecule has 0 spiro atoms. The van der Waals surface area contributed by atoms with E-state index in [1.807, 2.05) is 16.7 Å². The molecule has 1 aliphatic heterocycles. The number of benzene rings is 1. The largest absolute Gasteiger partial charge is 0.417 e. The minimum absolute atomic E-state index is 0.132. The Morgan fingerprint density at radius 3 is 2.47 bits per heavy atom. The molecule has 1 aromatic carbocycles. The molecule has 1 unspecified atom stereocenters. The van der Waals surface area contributed by atoms with E-state index < -0.39 is 11.7 Å². The van der Waals surface area contributed by atoms with Crippen molar-refractivity contribution >= 4 is 11.7 Å². The third-order valence-electron chi connectivity index (χ3n) is 5.10. The quantitative estimate of drug-likeness (QED) is 0.745. The first-order valence-electron chi connectivity index (χ1n) is 9.78. The summed E-state index contributed by atoms with van der Waals surface area (Å²) in [5.41, 5.74) is 0.0508. The lowest BCUT2D eigenvalue weighted by molar-refractivity contribution is -0.137. The molecule has 5 nitrogen and oxygen atoms in total. The van der Waals surface area contributed by atoms with E-state index in [1.165, 1.54) is 18.2 Å². The molecule has 0 saturated carbocycles. The van der Waals surface area contributed by atoms with Crippen LogP contribution in [0.5, 0.6) is 0 Å². The van der Waals surface area contributed by atoms with E-state index in [-0.39, 0.29) is 24.3 Å². The van der Waals surface area contributed by atoms with Gasteiger partial charge in [-0.05, 0) is 43.2 Å². The monoisotopic (exact) mass is 424 g/mol. The summed E-state index contributed by atoms with van der Waals surface area (Å²) >= 11 is 0. The molecule has 0 radical (unpaired) electrons. The van der Waals surface area contributed by atoms with Crippen LogP contribution in [0.4, 0.5) is 23.4 Å². The predicted octanol–water partition coefficient (Wildman–Crippen LogP) is 3.63. The summed E-state index contributed by atoms with van der Waals surface area (Å²) in [4.78, 5) is 20.3. The average Bonchev–Trinajstić information content (AvgIpc) is 2.93. The van der Waals surface area contributed by atoms with Gasteiger partial charge < -0.3 is 10.2 Å². The molecule has 1 saturated heterocycles. The molecular weight excluding hydrogens is 400 g/mol. The highest BCUT2D eigenvalue weighted by Gasteiger charge is 2.31. The third kappa shape index (κ3) is 5.91. The molecule has 0 aliphatic carbocycles. The molecule has 2 aromatic rings. The van der Waals surface area contributed by atoms with Gasteiger partial charge in [-0.15, -0.1) is 0 Å². The van der Waals surface area contributed by atoms with Crippen molar-refractivity contribution < 1.29 is 22.4 Å². The Kier molecular flexibility index (Phi) is 6.91. The Morgan fingerprint density at radius 1 is 1.10 bits per heavy atom. The van der Waals surface area contributed by atoms with E-state index in [4.69, 9.17) is 0 Å². The van der Waals surface area contributed by atoms with E-state index in [2.05, 4.69) is 10.3 Å². The highest BCUT2D eigenvalue weighted by atomic mass is 19.4. The number of halogens is 4. The number of nitrogens with one attached hydrogen (secondary N) is 1. The van der Waals surface area contributed by atoms with Crippen molar-refractivity contribution in [3.05, 3.63) is 59.5 Å². The second kappa shape index (κ2) is 9.42. The van der Waals surface area contributed by atoms with Crippen molar-refractivity contribution in [1.29, 1.82) is 0 Å². The van der Waals surface area contributed by atoms with Crippen molar-refractivity contribution in [1.82, 2.24) is 15.2 Å². The summed E-state index contributed by atoms with van der Waals surface area (Å²) in [5, 5.41) is 2.91. The molecule has 162 valence electrons. The SMILES string of the molecule is CC(NC(=O)CN1CCCN(c2ccc(C(F)(F)F)cn2)CC1)c1ccc(F)cc1. The molecule has 9 heteroatoms. The summed E-state index contributed by atoms with van der Waals surface area (Å²) in [6.07, 6.45) is -2.79. The lowest BCUT2D eigenvalue weighted by Crippen LogP contribution is -2.40. The molecule has 0 bridgehead atoms. The summed E-state index contributed by atoms with van der Waals surface area (Å²) < 4.78 is 51.1. The fourth-order valence-electron chi connectivity index (χ4n) is 3.42. The molecule has 1 aromatic heterocycles. The fourth-order valence-corrected chi connectivity index (χ4v) is 3.42. The maximum Gasteiger partial charge on any atom is 0.417 e. The van der Waals surface area contributed by atoms with E-state index in [9.17, 15) is 22.4 Å². The summed E-state index contributed by atoms with van der Waals surface area (Å²) in [6, 6.07) is 8.18. The van der Waals surface area contributed by atoms with Gasteiger partial charge in [-0.1, -0.05) is 12.1 Å². The van der Waals surface area contributed by atoms with E-state index in [0.717, 1.165) is 24.2 Å². The molecule has 1 fully saturated rings. The number of hydrogen-bond acceptors (Lipinski definition) is 4. The van der Waals surface area contributed by atoms with Crippen molar-refractivity contribution in [2.45, 2.75) is 25.6 Å². The van der Waals surface area contributed by atoms with Crippen molar-refractivity contribution in [2.24, 2.45) is 0 Å². The summed E-state index contributed by atoms with van der Waals surface area (Å²) in [6.45, 7) is 4.59. The molecule has 1 atom stereocenters. The zero-order valence-electron chi connectivity index (χ0n) is 16.6. The van der Waals surface area contributed by atoms with Gasteiger partial charge in [0.15, 0.2) is 0 Å². The minimum atomic E-state index is -4.40. The van der Waals surface area contributed by atoms with Gasteiger partial charge >= 0.3 is 6.18 Å². The van der Waals surface area contributed by atoms with Crippen LogP contribution in [0, 0.1) is 5.82 Å². The maximum atomic E-state index is 13.0. The average molecular weight is 424 g/mol. The highest BCUT2D eigenvalue weighted by Crippen LogP contribution is 2.29. The standard InChI is InChI=1S/C21H24F4N4O/c1-15(16-3-6-18(22)7-4-16)27-20(30)14-28-9-2-10-29(12-11-28)19-8-5-17(13-26-19)21(23,24)25/h3-8,13,15H,2,9-12,14H2,1H3,(H,27,30). The molecule has 1 aliphatic rings. The minimum Gasteiger partial charge on any atom is -0.355 e. The second-order valence-electron chi connectivity index (χ2n) is 7.36. The van der Waals surface area contributed by atoms with Gasteiger partial charge in [0.05, 0.1) is 18.2 Å². The van der Waals surface area contributed by atoms with Crippen LogP contribution in [0.3, 0.4) is 0 Å². The lowest BCUT2D eigenvalue weighted by Gasteiger charge is -2.23. The number of anilines is 1. The number of amides is 1. The topological polar surface area (TPSA) is 48.5 Å². The first-order chi connectivity index (χ1) is 14.2. The number of pyridine rings is 1. The molecule has 30 heavy (non-hydrogen) atoms. The first-order valence-corrected chi connectivity index (χ1v) is 9.78.